The number of halogens is 1. The zero-order valence-electron chi connectivity index (χ0n) is 24.4. The molecule has 45 heavy (non-hydrogen) atoms. The van der Waals surface area contributed by atoms with Gasteiger partial charge in [-0.3, -0.25) is 19.3 Å². The number of likely N-dealkylation sites (tertiary alicyclic amines) is 1. The average Bonchev–Trinajstić information content (AvgIpc) is 3.46. The van der Waals surface area contributed by atoms with Crippen LogP contribution in [0.3, 0.4) is 0 Å². The van der Waals surface area contributed by atoms with Gasteiger partial charge in [-0.1, -0.05) is 133 Å². The van der Waals surface area contributed by atoms with Crippen molar-refractivity contribution in [2.45, 2.75) is 6.54 Å². The van der Waals surface area contributed by atoms with Crippen molar-refractivity contribution in [1.82, 2.24) is 4.90 Å². The molecule has 0 spiro atoms. The Morgan fingerprint density at radius 1 is 0.578 bits per heavy atom. The Morgan fingerprint density at radius 2 is 1.07 bits per heavy atom. The number of hydrogen-bond donors (Lipinski definition) is 0. The first-order valence-electron chi connectivity index (χ1n) is 14.6. The monoisotopic (exact) mass is 626 g/mol. The lowest BCUT2D eigenvalue weighted by molar-refractivity contribution is -0.134. The summed E-state index contributed by atoms with van der Waals surface area (Å²) in [5, 5.41) is 3.50. The van der Waals surface area contributed by atoms with Crippen LogP contribution in [0.4, 0.5) is 5.69 Å². The molecule has 2 aliphatic rings. The van der Waals surface area contributed by atoms with Gasteiger partial charge in [0.2, 0.25) is 0 Å². The van der Waals surface area contributed by atoms with Crippen LogP contribution in [0.15, 0.2) is 145 Å². The fourth-order valence-corrected chi connectivity index (χ4v) is 11.1. The first kappa shape index (κ1) is 28.8. The van der Waals surface area contributed by atoms with Gasteiger partial charge in [0, 0.05) is 17.6 Å². The van der Waals surface area contributed by atoms with Crippen molar-refractivity contribution < 1.29 is 14.4 Å². The minimum Gasteiger partial charge on any atom is -0.303 e. The van der Waals surface area contributed by atoms with Crippen LogP contribution < -0.4 is 20.8 Å². The second-order valence-corrected chi connectivity index (χ2v) is 14.8. The van der Waals surface area contributed by atoms with E-state index in [1.54, 1.807) is 17.0 Å². The highest BCUT2D eigenvalue weighted by Gasteiger charge is 2.49. The quantitative estimate of drug-likeness (QED) is 0.141. The van der Waals surface area contributed by atoms with Crippen LogP contribution in [0.2, 0.25) is 5.02 Å². The van der Waals surface area contributed by atoms with Crippen LogP contribution in [-0.4, -0.2) is 35.0 Å². The van der Waals surface area contributed by atoms with E-state index < -0.39 is 18.7 Å². The predicted octanol–water partition coefficient (Wildman–Crippen LogP) is 5.81. The van der Waals surface area contributed by atoms with Gasteiger partial charge in [-0.2, -0.15) is 0 Å². The number of rotatable bonds is 5. The molecule has 0 unspecified atom stereocenters. The van der Waals surface area contributed by atoms with Crippen LogP contribution in [0, 0.1) is 0 Å². The maximum absolute atomic E-state index is 14.6. The summed E-state index contributed by atoms with van der Waals surface area (Å²) in [6.07, 6.45) is 0. The van der Waals surface area contributed by atoms with Gasteiger partial charge in [0.1, 0.15) is 0 Å². The van der Waals surface area contributed by atoms with E-state index in [4.69, 9.17) is 11.6 Å². The highest BCUT2D eigenvalue weighted by Crippen LogP contribution is 2.52. The number of amides is 3. The van der Waals surface area contributed by atoms with Gasteiger partial charge < -0.3 is 4.90 Å². The standard InChI is InChI=1S/C38H28ClN2O3P/c1-40-36(42)34(33-31-24-27(39)22-23-32(31)41(37(33)43)25-26-14-6-2-7-15-26)35(38(40)44)45(28-16-8-3-9-17-28,29-18-10-4-11-19-29)30-20-12-5-13-21-30/h2-24H,25H2,1H3/b34-33+. The summed E-state index contributed by atoms with van der Waals surface area (Å²) in [4.78, 5) is 46.5. The zero-order valence-corrected chi connectivity index (χ0v) is 26.1. The Labute approximate surface area is 267 Å². The molecule has 0 aliphatic carbocycles. The van der Waals surface area contributed by atoms with E-state index in [2.05, 4.69) is 0 Å². The van der Waals surface area contributed by atoms with Crippen molar-refractivity contribution in [2.24, 2.45) is 0 Å². The van der Waals surface area contributed by atoms with E-state index in [1.807, 2.05) is 127 Å². The molecule has 7 heteroatoms. The highest BCUT2D eigenvalue weighted by atomic mass is 35.5. The van der Waals surface area contributed by atoms with Crippen LogP contribution in [0.1, 0.15) is 11.1 Å². The average molecular weight is 627 g/mol. The fourth-order valence-electron chi connectivity index (χ4n) is 6.42. The second kappa shape index (κ2) is 11.5. The summed E-state index contributed by atoms with van der Waals surface area (Å²) < 4.78 is 0. The minimum absolute atomic E-state index is 0.136. The molecule has 0 radical (unpaired) electrons. The zero-order chi connectivity index (χ0) is 31.1. The molecule has 2 heterocycles. The number of carbonyl (C=O) groups is 3. The van der Waals surface area contributed by atoms with E-state index in [9.17, 15) is 14.4 Å². The Morgan fingerprint density at radius 3 is 1.58 bits per heavy atom. The molecular formula is C38H28ClN2O3P. The summed E-state index contributed by atoms with van der Waals surface area (Å²) in [7, 11) is 1.49. The molecule has 1 fully saturated rings. The van der Waals surface area contributed by atoms with Gasteiger partial charge in [0.05, 0.1) is 28.7 Å². The molecule has 5 aromatic rings. The molecule has 220 valence electrons. The van der Waals surface area contributed by atoms with Crippen LogP contribution >= 0.6 is 18.5 Å². The number of hydrogen-bond acceptors (Lipinski definition) is 3. The van der Waals surface area contributed by atoms with Gasteiger partial charge >= 0.3 is 0 Å². The summed E-state index contributed by atoms with van der Waals surface area (Å²) in [6.45, 7) is -2.73. The summed E-state index contributed by atoms with van der Waals surface area (Å²) in [6, 6.07) is 44.6. The molecule has 7 rings (SSSR count). The minimum atomic E-state index is -3.03. The molecule has 5 nitrogen and oxygen atoms in total. The van der Waals surface area contributed by atoms with Gasteiger partial charge in [0.25, 0.3) is 17.7 Å². The van der Waals surface area contributed by atoms with E-state index in [0.29, 0.717) is 28.1 Å². The molecule has 0 saturated carbocycles. The fraction of sp³-hybridized carbons (Fsp3) is 0.0526. The van der Waals surface area contributed by atoms with Crippen molar-refractivity contribution >= 4 is 68.7 Å². The Hall–Kier alpha value is -4.96. The maximum Gasteiger partial charge on any atom is 0.262 e. The normalized spacial score (nSPS) is 16.5. The highest BCUT2D eigenvalue weighted by molar-refractivity contribution is 7.97. The van der Waals surface area contributed by atoms with Crippen molar-refractivity contribution in [1.29, 1.82) is 0 Å². The molecule has 0 aromatic heterocycles. The van der Waals surface area contributed by atoms with Gasteiger partial charge in [-0.25, -0.2) is 0 Å². The van der Waals surface area contributed by atoms with Gasteiger partial charge in [-0.05, 0) is 46.6 Å². The predicted molar refractivity (Wildman–Crippen MR) is 184 cm³/mol. The van der Waals surface area contributed by atoms with Crippen molar-refractivity contribution in [2.75, 3.05) is 11.9 Å². The molecule has 1 saturated heterocycles. The Kier molecular flexibility index (Phi) is 7.37. The topological polar surface area (TPSA) is 57.7 Å². The molecule has 0 bridgehead atoms. The summed E-state index contributed by atoms with van der Waals surface area (Å²) in [5.41, 5.74) is 2.46. The second-order valence-electron chi connectivity index (χ2n) is 11.0. The lowest BCUT2D eigenvalue weighted by Crippen LogP contribution is -2.34. The maximum atomic E-state index is 14.6. The Bertz CT molecular complexity index is 1960. The third-order valence-electron chi connectivity index (χ3n) is 8.44. The number of fused-ring (bicyclic) bond motifs is 1. The third kappa shape index (κ3) is 4.59. The molecule has 0 atom stereocenters. The number of carbonyl (C=O) groups excluding carboxylic acids is 3. The SMILES string of the molecule is CN1C(=O)C(=P(c2ccccc2)(c2ccccc2)c2ccccc2)/C(=C2\C(=O)N(Cc3ccccc3)c3ccc(Cl)cc32)C1=O. The first-order chi connectivity index (χ1) is 21.9. The van der Waals surface area contributed by atoms with Crippen LogP contribution in [-0.2, 0) is 20.9 Å². The molecule has 3 amide bonds. The number of imide groups is 1. The molecular weight excluding hydrogens is 599 g/mol. The van der Waals surface area contributed by atoms with Crippen LogP contribution in [0.5, 0.6) is 0 Å². The summed E-state index contributed by atoms with van der Waals surface area (Å²) >= 11 is 6.54. The van der Waals surface area contributed by atoms with Crippen LogP contribution in [0.25, 0.3) is 5.57 Å². The Balaban J connectivity index is 1.66. The summed E-state index contributed by atoms with van der Waals surface area (Å²) in [5.74, 6) is -1.25. The first-order valence-corrected chi connectivity index (χ1v) is 16.8. The van der Waals surface area contributed by atoms with Gasteiger partial charge in [0.15, 0.2) is 0 Å². The lowest BCUT2D eigenvalue weighted by Gasteiger charge is -2.31. The molecule has 0 N–H and O–H groups in total. The van der Waals surface area contributed by atoms with Crippen molar-refractivity contribution in [3.8, 4) is 0 Å². The van der Waals surface area contributed by atoms with Crippen molar-refractivity contribution in [3.05, 3.63) is 161 Å². The molecule has 5 aromatic carbocycles. The van der Waals surface area contributed by atoms with Gasteiger partial charge in [-0.15, -0.1) is 0 Å². The van der Waals surface area contributed by atoms with E-state index in [-0.39, 0.29) is 17.1 Å². The molecule has 2 aliphatic heterocycles. The lowest BCUT2D eigenvalue weighted by atomic mass is 10.00. The third-order valence-corrected chi connectivity index (χ3v) is 13.0. The van der Waals surface area contributed by atoms with E-state index in [0.717, 1.165) is 26.4 Å². The smallest absolute Gasteiger partial charge is 0.262 e. The largest absolute Gasteiger partial charge is 0.303 e. The number of likely N-dealkylation sites (N-methyl/N-ethyl adjacent to an activating group) is 1. The van der Waals surface area contributed by atoms with E-state index in [1.165, 1.54) is 7.05 Å². The number of anilines is 1. The van der Waals surface area contributed by atoms with E-state index >= 15 is 0 Å². The number of benzene rings is 5. The number of nitrogens with zero attached hydrogens (tertiary/aromatic N) is 2. The van der Waals surface area contributed by atoms with Crippen molar-refractivity contribution in [3.63, 3.8) is 0 Å².